The van der Waals surface area contributed by atoms with E-state index in [-0.39, 0.29) is 21.2 Å². The van der Waals surface area contributed by atoms with Crippen molar-refractivity contribution in [2.75, 3.05) is 6.54 Å². The molecule has 0 saturated carbocycles. The Morgan fingerprint density at radius 1 is 1.47 bits per heavy atom. The molecular weight excluding hydrogens is 219 g/mol. The Kier molecular flexibility index (Phi) is 4.66. The van der Waals surface area contributed by atoms with Gasteiger partial charge in [0.1, 0.15) is 21.0 Å². The maximum Gasteiger partial charge on any atom is 0.269 e. The lowest BCUT2D eigenvalue weighted by Gasteiger charge is -2.03. The van der Waals surface area contributed by atoms with E-state index in [2.05, 4.69) is 5.09 Å². The Morgan fingerprint density at radius 3 is 2.67 bits per heavy atom. The van der Waals surface area contributed by atoms with Crippen LogP contribution in [0.25, 0.3) is 0 Å². The van der Waals surface area contributed by atoms with Crippen LogP contribution in [0.15, 0.2) is 24.3 Å². The number of carbonyl (C=O) groups is 1. The zero-order valence-electron chi connectivity index (χ0n) is 7.67. The second-order valence-corrected chi connectivity index (χ2v) is 3.26. The van der Waals surface area contributed by atoms with Crippen LogP contribution < -0.4 is 9.61 Å². The smallest absolute Gasteiger partial charge is 0.269 e. The molecule has 0 radical (unpaired) electrons. The zero-order valence-corrected chi connectivity index (χ0v) is 8.67. The van der Waals surface area contributed by atoms with Gasteiger partial charge < -0.3 is 9.32 Å². The van der Waals surface area contributed by atoms with Gasteiger partial charge in [0.05, 0.1) is 11.5 Å². The van der Waals surface area contributed by atoms with Gasteiger partial charge in [-0.1, -0.05) is 0 Å². The van der Waals surface area contributed by atoms with Crippen LogP contribution in [0, 0.1) is 10.1 Å². The molecule has 0 aliphatic rings. The lowest BCUT2D eigenvalue weighted by Crippen LogP contribution is -2.05. The highest BCUT2D eigenvalue weighted by atomic mass is 31.1. The number of benzene rings is 1. The van der Waals surface area contributed by atoms with Crippen LogP contribution in [-0.4, -0.2) is 17.8 Å². The molecule has 1 rings (SSSR count). The van der Waals surface area contributed by atoms with Crippen molar-refractivity contribution in [1.29, 1.82) is 0 Å². The molecule has 0 bridgehead atoms. The normalized spacial score (nSPS) is 10.4. The fraction of sp³-hybridized carbons (Fsp3) is 0.125. The second-order valence-electron chi connectivity index (χ2n) is 2.50. The van der Waals surface area contributed by atoms with Crippen molar-refractivity contribution in [3.05, 3.63) is 34.4 Å². The molecule has 0 aliphatic heterocycles. The van der Waals surface area contributed by atoms with Gasteiger partial charge in [-0.25, -0.2) is 0 Å². The molecule has 0 saturated heterocycles. The fourth-order valence-corrected chi connectivity index (χ4v) is 1.31. The third-order valence-corrected chi connectivity index (χ3v) is 2.16. The average Bonchev–Trinajstić information content (AvgIpc) is 2.25. The molecule has 80 valence electrons. The third kappa shape index (κ3) is 4.01. The van der Waals surface area contributed by atoms with Crippen LogP contribution in [0.1, 0.15) is 0 Å². The molecule has 0 spiro atoms. The first kappa shape index (κ1) is 11.6. The van der Waals surface area contributed by atoms with Gasteiger partial charge in [-0.05, 0) is 12.1 Å². The summed E-state index contributed by atoms with van der Waals surface area (Å²) in [5.41, 5.74) is 0.0199. The maximum atomic E-state index is 10.3. The monoisotopic (exact) mass is 228 g/mol. The summed E-state index contributed by atoms with van der Waals surface area (Å²) in [6.45, 7) is 0.228. The molecule has 0 amide bonds. The molecule has 0 heterocycles. The quantitative estimate of drug-likeness (QED) is 0.260. The fourth-order valence-electron chi connectivity index (χ4n) is 0.814. The highest BCUT2D eigenvalue weighted by Crippen LogP contribution is 2.21. The molecule has 0 fully saturated rings. The van der Waals surface area contributed by atoms with E-state index in [0.717, 1.165) is 6.29 Å². The van der Waals surface area contributed by atoms with Crippen molar-refractivity contribution < 1.29 is 14.2 Å². The standard InChI is InChI=1S/C8H9N2O4P/c11-6-5-9-15-14-8-3-1-7(2-4-8)10(12)13/h1-4,6,9,15H,5H2. The van der Waals surface area contributed by atoms with Gasteiger partial charge in [-0.2, -0.15) is 0 Å². The number of aldehydes is 1. The average molecular weight is 228 g/mol. The van der Waals surface area contributed by atoms with Crippen molar-refractivity contribution in [3.63, 3.8) is 0 Å². The van der Waals surface area contributed by atoms with E-state index in [1.165, 1.54) is 24.3 Å². The van der Waals surface area contributed by atoms with E-state index in [0.29, 0.717) is 5.75 Å². The van der Waals surface area contributed by atoms with E-state index >= 15 is 0 Å². The number of carbonyl (C=O) groups excluding carboxylic acids is 1. The molecule has 15 heavy (non-hydrogen) atoms. The van der Waals surface area contributed by atoms with E-state index in [1.54, 1.807) is 0 Å². The van der Waals surface area contributed by atoms with E-state index in [4.69, 9.17) is 4.52 Å². The summed E-state index contributed by atoms with van der Waals surface area (Å²) in [5.74, 6) is 0.525. The van der Waals surface area contributed by atoms with Gasteiger partial charge >= 0.3 is 0 Å². The first-order chi connectivity index (χ1) is 7.24. The maximum absolute atomic E-state index is 10.3. The summed E-state index contributed by atoms with van der Waals surface area (Å²) >= 11 is 0. The minimum Gasteiger partial charge on any atom is -0.461 e. The molecule has 1 aromatic carbocycles. The SMILES string of the molecule is O=CCNPOc1ccc([N+](=O)[O-])cc1. The lowest BCUT2D eigenvalue weighted by molar-refractivity contribution is -0.384. The Bertz CT molecular complexity index is 341. The van der Waals surface area contributed by atoms with Crippen LogP contribution in [0.3, 0.4) is 0 Å². The Hall–Kier alpha value is -1.52. The molecule has 1 atom stereocenters. The zero-order chi connectivity index (χ0) is 11.1. The number of nitro benzene ring substituents is 1. The van der Waals surface area contributed by atoms with Crippen molar-refractivity contribution in [3.8, 4) is 5.75 Å². The van der Waals surface area contributed by atoms with Gasteiger partial charge in [0.15, 0.2) is 0 Å². The van der Waals surface area contributed by atoms with Crippen LogP contribution in [-0.2, 0) is 4.79 Å². The van der Waals surface area contributed by atoms with Crippen LogP contribution in [0.4, 0.5) is 5.69 Å². The van der Waals surface area contributed by atoms with Crippen LogP contribution in [0.5, 0.6) is 5.75 Å². The second kappa shape index (κ2) is 6.06. The lowest BCUT2D eigenvalue weighted by atomic mass is 10.3. The number of hydrogen-bond donors (Lipinski definition) is 1. The molecule has 0 aliphatic carbocycles. The first-order valence-electron chi connectivity index (χ1n) is 4.07. The molecule has 1 aromatic rings. The van der Waals surface area contributed by atoms with E-state index in [1.807, 2.05) is 0 Å². The summed E-state index contributed by atoms with van der Waals surface area (Å²) in [5, 5.41) is 13.1. The summed E-state index contributed by atoms with van der Waals surface area (Å²) in [7, 11) is -0.0433. The molecule has 6 nitrogen and oxygen atoms in total. The highest BCUT2D eigenvalue weighted by molar-refractivity contribution is 7.30. The number of nitrogens with one attached hydrogen (secondary N) is 1. The van der Waals surface area contributed by atoms with Crippen molar-refractivity contribution in [2.45, 2.75) is 0 Å². The predicted octanol–water partition coefficient (Wildman–Crippen LogP) is 1.27. The molecule has 1 N–H and O–H groups in total. The number of nitrogens with zero attached hydrogens (tertiary/aromatic N) is 1. The van der Waals surface area contributed by atoms with Crippen molar-refractivity contribution >= 4 is 20.9 Å². The Balaban J connectivity index is 2.42. The summed E-state index contributed by atoms with van der Waals surface area (Å²) in [4.78, 5) is 19.8. The third-order valence-electron chi connectivity index (χ3n) is 1.47. The number of non-ortho nitro benzene ring substituents is 1. The minimum atomic E-state index is -0.475. The largest absolute Gasteiger partial charge is 0.461 e. The predicted molar refractivity (Wildman–Crippen MR) is 56.1 cm³/mol. The number of rotatable bonds is 6. The van der Waals surface area contributed by atoms with Crippen molar-refractivity contribution in [2.24, 2.45) is 0 Å². The number of hydrogen-bond acceptors (Lipinski definition) is 5. The van der Waals surface area contributed by atoms with E-state index in [9.17, 15) is 14.9 Å². The Labute approximate surface area is 87.7 Å². The van der Waals surface area contributed by atoms with Gasteiger partial charge in [-0.15, -0.1) is 0 Å². The van der Waals surface area contributed by atoms with E-state index < -0.39 is 4.92 Å². The molecule has 0 aromatic heterocycles. The first-order valence-corrected chi connectivity index (χ1v) is 4.97. The van der Waals surface area contributed by atoms with Crippen molar-refractivity contribution in [1.82, 2.24) is 5.09 Å². The summed E-state index contributed by atoms with van der Waals surface area (Å²) in [6, 6.07) is 5.74. The summed E-state index contributed by atoms with van der Waals surface area (Å²) in [6.07, 6.45) is 0.728. The van der Waals surface area contributed by atoms with Gasteiger partial charge in [-0.3, -0.25) is 15.2 Å². The van der Waals surface area contributed by atoms with Gasteiger partial charge in [0.2, 0.25) is 0 Å². The minimum absolute atomic E-state index is 0.0199. The molecule has 7 heteroatoms. The molecule has 1 unspecified atom stereocenters. The molecular formula is C8H9N2O4P. The highest BCUT2D eigenvalue weighted by Gasteiger charge is 2.03. The summed E-state index contributed by atoms with van der Waals surface area (Å²) < 4.78 is 5.18. The Morgan fingerprint density at radius 2 is 2.13 bits per heavy atom. The van der Waals surface area contributed by atoms with Gasteiger partial charge in [0, 0.05) is 12.1 Å². The topological polar surface area (TPSA) is 81.5 Å². The number of nitro groups is 1. The van der Waals surface area contributed by atoms with Crippen LogP contribution >= 0.6 is 8.96 Å². The van der Waals surface area contributed by atoms with Crippen LogP contribution in [0.2, 0.25) is 0 Å². The van der Waals surface area contributed by atoms with Gasteiger partial charge in [0.25, 0.3) is 5.69 Å².